The van der Waals surface area contributed by atoms with E-state index in [2.05, 4.69) is 18.7 Å². The monoisotopic (exact) mass is 263 g/mol. The summed E-state index contributed by atoms with van der Waals surface area (Å²) in [6, 6.07) is 7.96. The molecule has 106 valence electrons. The molecular formula is C16H25NO2. The van der Waals surface area contributed by atoms with Crippen LogP contribution in [-0.2, 0) is 6.42 Å². The van der Waals surface area contributed by atoms with E-state index in [4.69, 9.17) is 4.74 Å². The van der Waals surface area contributed by atoms with Gasteiger partial charge in [-0.25, -0.2) is 0 Å². The molecule has 0 saturated carbocycles. The largest absolute Gasteiger partial charge is 0.497 e. The highest BCUT2D eigenvalue weighted by atomic mass is 16.5. The molecule has 3 nitrogen and oxygen atoms in total. The summed E-state index contributed by atoms with van der Waals surface area (Å²) in [6.45, 7) is 6.48. The van der Waals surface area contributed by atoms with Gasteiger partial charge in [0.05, 0.1) is 13.2 Å². The predicted molar refractivity (Wildman–Crippen MR) is 77.6 cm³/mol. The van der Waals surface area contributed by atoms with Crippen LogP contribution in [-0.4, -0.2) is 41.8 Å². The van der Waals surface area contributed by atoms with E-state index in [-0.39, 0.29) is 11.6 Å². The molecule has 1 heterocycles. The van der Waals surface area contributed by atoms with Crippen molar-refractivity contribution in [3.8, 4) is 5.75 Å². The van der Waals surface area contributed by atoms with Crippen LogP contribution in [0.1, 0.15) is 32.3 Å². The van der Waals surface area contributed by atoms with Gasteiger partial charge >= 0.3 is 0 Å². The number of aliphatic hydroxyl groups is 1. The van der Waals surface area contributed by atoms with Gasteiger partial charge in [0, 0.05) is 12.0 Å². The first-order chi connectivity index (χ1) is 9.04. The summed E-state index contributed by atoms with van der Waals surface area (Å²) in [5.74, 6) is 0.851. The van der Waals surface area contributed by atoms with Gasteiger partial charge in [0.2, 0.25) is 0 Å². The highest BCUT2D eigenvalue weighted by Crippen LogP contribution is 2.26. The van der Waals surface area contributed by atoms with E-state index in [9.17, 15) is 5.11 Å². The summed E-state index contributed by atoms with van der Waals surface area (Å²) < 4.78 is 5.23. The maximum Gasteiger partial charge on any atom is 0.119 e. The maximum atomic E-state index is 10.6. The number of methoxy groups -OCH3 is 1. The second-order valence-electron chi connectivity index (χ2n) is 5.92. The molecule has 1 N–H and O–H groups in total. The lowest BCUT2D eigenvalue weighted by Gasteiger charge is -2.39. The Morgan fingerprint density at radius 2 is 2.00 bits per heavy atom. The van der Waals surface area contributed by atoms with Gasteiger partial charge in [-0.15, -0.1) is 0 Å². The number of hydrogen-bond donors (Lipinski definition) is 1. The van der Waals surface area contributed by atoms with E-state index in [0.29, 0.717) is 6.42 Å². The van der Waals surface area contributed by atoms with Crippen molar-refractivity contribution in [2.45, 2.75) is 44.8 Å². The lowest BCUT2D eigenvalue weighted by molar-refractivity contribution is 0.00335. The minimum atomic E-state index is -0.363. The van der Waals surface area contributed by atoms with Crippen LogP contribution < -0.4 is 4.74 Å². The van der Waals surface area contributed by atoms with Gasteiger partial charge in [-0.1, -0.05) is 12.1 Å². The molecule has 1 saturated heterocycles. The molecule has 0 amide bonds. The second kappa shape index (κ2) is 5.93. The Balaban J connectivity index is 2.04. The zero-order valence-electron chi connectivity index (χ0n) is 12.2. The number of ether oxygens (including phenoxy) is 1. The van der Waals surface area contributed by atoms with Gasteiger partial charge in [-0.05, 0) is 57.5 Å². The molecule has 1 aromatic rings. The molecule has 1 unspecified atom stereocenters. The number of nitrogens with zero attached hydrogens (tertiary/aromatic N) is 1. The topological polar surface area (TPSA) is 32.7 Å². The summed E-state index contributed by atoms with van der Waals surface area (Å²) in [5.41, 5.74) is 0.957. The van der Waals surface area contributed by atoms with Gasteiger partial charge in [0.15, 0.2) is 0 Å². The van der Waals surface area contributed by atoms with Crippen molar-refractivity contribution in [2.24, 2.45) is 0 Å². The highest BCUT2D eigenvalue weighted by Gasteiger charge is 2.35. The molecule has 3 heteroatoms. The Kier molecular flexibility index (Phi) is 4.48. The minimum absolute atomic E-state index is 0.167. The number of rotatable bonds is 5. The van der Waals surface area contributed by atoms with E-state index < -0.39 is 0 Å². The van der Waals surface area contributed by atoms with Crippen LogP contribution in [0, 0.1) is 0 Å². The quantitative estimate of drug-likeness (QED) is 0.886. The molecule has 1 aliphatic rings. The standard InChI is InChI=1S/C16H25NO2/c1-16(2,17-9-4-5-10-17)15(18)12-13-7-6-8-14(11-13)19-3/h6-8,11,15,18H,4-5,9-10,12H2,1-3H3. The molecule has 0 bridgehead atoms. The fraction of sp³-hybridized carbons (Fsp3) is 0.625. The molecular weight excluding hydrogens is 238 g/mol. The fourth-order valence-electron chi connectivity index (χ4n) is 2.78. The van der Waals surface area contributed by atoms with Crippen LogP contribution >= 0.6 is 0 Å². The Bertz CT molecular complexity index is 411. The van der Waals surface area contributed by atoms with E-state index in [0.717, 1.165) is 24.4 Å². The van der Waals surface area contributed by atoms with E-state index in [1.54, 1.807) is 7.11 Å². The Labute approximate surface area is 116 Å². The van der Waals surface area contributed by atoms with Crippen molar-refractivity contribution in [1.29, 1.82) is 0 Å². The SMILES string of the molecule is COc1cccc(CC(O)C(C)(C)N2CCCC2)c1. The molecule has 0 radical (unpaired) electrons. The van der Waals surface area contributed by atoms with Crippen LogP contribution in [0.25, 0.3) is 0 Å². The molecule has 1 atom stereocenters. The minimum Gasteiger partial charge on any atom is -0.497 e. The fourth-order valence-corrected chi connectivity index (χ4v) is 2.78. The van der Waals surface area contributed by atoms with Crippen LogP contribution in [0.3, 0.4) is 0 Å². The summed E-state index contributed by atoms with van der Waals surface area (Å²) in [4.78, 5) is 2.40. The average molecular weight is 263 g/mol. The predicted octanol–water partition coefficient (Wildman–Crippen LogP) is 2.47. The van der Waals surface area contributed by atoms with Crippen molar-refractivity contribution >= 4 is 0 Å². The third-order valence-electron chi connectivity index (χ3n) is 4.30. The molecule has 0 aliphatic carbocycles. The van der Waals surface area contributed by atoms with Crippen molar-refractivity contribution in [3.63, 3.8) is 0 Å². The summed E-state index contributed by atoms with van der Waals surface area (Å²) in [6.07, 6.45) is 2.79. The van der Waals surface area contributed by atoms with Crippen LogP contribution in [0.5, 0.6) is 5.75 Å². The molecule has 2 rings (SSSR count). The second-order valence-corrected chi connectivity index (χ2v) is 5.92. The molecule has 1 aromatic carbocycles. The normalized spacial score (nSPS) is 18.5. The van der Waals surface area contributed by atoms with Crippen molar-refractivity contribution < 1.29 is 9.84 Å². The Hall–Kier alpha value is -1.06. The zero-order valence-corrected chi connectivity index (χ0v) is 12.2. The van der Waals surface area contributed by atoms with Crippen molar-refractivity contribution in [2.75, 3.05) is 20.2 Å². The number of aliphatic hydroxyl groups excluding tert-OH is 1. The number of likely N-dealkylation sites (tertiary alicyclic amines) is 1. The lowest BCUT2D eigenvalue weighted by Crippen LogP contribution is -2.51. The Morgan fingerprint density at radius 3 is 2.63 bits per heavy atom. The number of hydrogen-bond acceptors (Lipinski definition) is 3. The van der Waals surface area contributed by atoms with Gasteiger partial charge in [0.1, 0.15) is 5.75 Å². The first-order valence-corrected chi connectivity index (χ1v) is 7.10. The average Bonchev–Trinajstić information content (AvgIpc) is 2.93. The van der Waals surface area contributed by atoms with E-state index in [1.807, 2.05) is 24.3 Å². The van der Waals surface area contributed by atoms with Crippen LogP contribution in [0.15, 0.2) is 24.3 Å². The van der Waals surface area contributed by atoms with Gasteiger partial charge in [0.25, 0.3) is 0 Å². The van der Waals surface area contributed by atoms with Crippen molar-refractivity contribution in [1.82, 2.24) is 4.90 Å². The van der Waals surface area contributed by atoms with Gasteiger partial charge in [-0.2, -0.15) is 0 Å². The third-order valence-corrected chi connectivity index (χ3v) is 4.30. The smallest absolute Gasteiger partial charge is 0.119 e. The third kappa shape index (κ3) is 3.28. The summed E-state index contributed by atoms with van der Waals surface area (Å²) in [5, 5.41) is 10.6. The van der Waals surface area contributed by atoms with E-state index >= 15 is 0 Å². The molecule has 1 fully saturated rings. The molecule has 19 heavy (non-hydrogen) atoms. The lowest BCUT2D eigenvalue weighted by atomic mass is 9.90. The number of benzene rings is 1. The van der Waals surface area contributed by atoms with Crippen LogP contribution in [0.2, 0.25) is 0 Å². The first-order valence-electron chi connectivity index (χ1n) is 7.10. The maximum absolute atomic E-state index is 10.6. The van der Waals surface area contributed by atoms with E-state index in [1.165, 1.54) is 12.8 Å². The summed E-state index contributed by atoms with van der Waals surface area (Å²) >= 11 is 0. The highest BCUT2D eigenvalue weighted by molar-refractivity contribution is 5.29. The molecule has 1 aliphatic heterocycles. The molecule has 0 aromatic heterocycles. The molecule has 0 spiro atoms. The first kappa shape index (κ1) is 14.4. The van der Waals surface area contributed by atoms with Crippen molar-refractivity contribution in [3.05, 3.63) is 29.8 Å². The van der Waals surface area contributed by atoms with Crippen LogP contribution in [0.4, 0.5) is 0 Å². The Morgan fingerprint density at radius 1 is 1.32 bits per heavy atom. The summed E-state index contributed by atoms with van der Waals surface area (Å²) in [7, 11) is 1.67. The van der Waals surface area contributed by atoms with Gasteiger partial charge < -0.3 is 9.84 Å². The zero-order chi connectivity index (χ0) is 13.9. The van der Waals surface area contributed by atoms with Gasteiger partial charge in [-0.3, -0.25) is 4.90 Å².